The lowest BCUT2D eigenvalue weighted by Crippen LogP contribution is -2.33. The fourth-order valence-corrected chi connectivity index (χ4v) is 14.5. The third-order valence-electron chi connectivity index (χ3n) is 12.1. The highest BCUT2D eigenvalue weighted by Gasteiger charge is 2.31. The van der Waals surface area contributed by atoms with E-state index in [-0.39, 0.29) is 121 Å². The topological polar surface area (TPSA) is 325 Å². The summed E-state index contributed by atoms with van der Waals surface area (Å²) in [5, 5.41) is 21.4. The first kappa shape index (κ1) is 61.2. The molecule has 0 fully saturated rings. The van der Waals surface area contributed by atoms with Crippen LogP contribution < -0.4 is 12.9 Å². The van der Waals surface area contributed by atoms with Crippen LogP contribution in [0.5, 0.6) is 0 Å². The number of sulfonamides is 3. The van der Waals surface area contributed by atoms with Gasteiger partial charge in [0.05, 0.1) is 85.9 Å². The zero-order valence-electron chi connectivity index (χ0n) is 44.1. The maximum Gasteiger partial charge on any atom is 0.314 e. The van der Waals surface area contributed by atoms with Gasteiger partial charge in [0.15, 0.2) is 11.6 Å². The first-order valence-corrected chi connectivity index (χ1v) is 32.2. The fraction of sp³-hybridized carbons (Fsp3) is 0.348. The number of halogens is 7. The first-order chi connectivity index (χ1) is 41.0. The number of anilines is 3. The summed E-state index contributed by atoms with van der Waals surface area (Å²) in [6, 6.07) is 5.49. The van der Waals surface area contributed by atoms with Crippen molar-refractivity contribution in [1.82, 2.24) is 69.5 Å². The fourth-order valence-electron chi connectivity index (χ4n) is 7.95. The summed E-state index contributed by atoms with van der Waals surface area (Å²) in [6.45, 7) is 1.69. The van der Waals surface area contributed by atoms with E-state index in [1.165, 1.54) is 71.3 Å². The van der Waals surface area contributed by atoms with Crippen LogP contribution in [-0.2, 0) is 67.6 Å². The Labute approximate surface area is 493 Å². The van der Waals surface area contributed by atoms with Crippen LogP contribution >= 0.6 is 34.0 Å². The van der Waals surface area contributed by atoms with Gasteiger partial charge < -0.3 is 27.0 Å². The molecule has 0 unspecified atom stereocenters. The van der Waals surface area contributed by atoms with Crippen LogP contribution in [0, 0.1) is 12.7 Å². The molecule has 86 heavy (non-hydrogen) atoms. The predicted octanol–water partition coefficient (Wildman–Crippen LogP) is 8.43. The number of aryl methyl sites for hydroxylation is 2. The van der Waals surface area contributed by atoms with Gasteiger partial charge in [-0.05, 0) is 51.0 Å². The van der Waals surface area contributed by atoms with E-state index >= 15 is 0 Å². The highest BCUT2D eigenvalue weighted by molar-refractivity contribution is 7.93. The maximum absolute atomic E-state index is 14.4. The Kier molecular flexibility index (Phi) is 18.2. The van der Waals surface area contributed by atoms with Gasteiger partial charge in [-0.1, -0.05) is 0 Å². The third-order valence-corrected chi connectivity index (χ3v) is 20.3. The molecule has 0 bridgehead atoms. The molecule has 0 atom stereocenters. The van der Waals surface area contributed by atoms with E-state index in [4.69, 9.17) is 18.0 Å². The molecule has 10 aromatic heterocycles. The third kappa shape index (κ3) is 14.2. The number of hydrogen-bond donors (Lipinski definition) is 0. The number of pyridine rings is 2. The molecule has 0 amide bonds. The second kappa shape index (κ2) is 25.6. The molecule has 0 saturated heterocycles. The van der Waals surface area contributed by atoms with E-state index < -0.39 is 97.4 Å². The van der Waals surface area contributed by atoms with Crippen molar-refractivity contribution in [2.24, 2.45) is 0 Å². The minimum Gasteiger partial charge on any atom is -0.414 e. The number of nitrogens with zero attached hydrogens (tertiary/aromatic N) is 17. The number of rotatable bonds is 29. The molecule has 0 N–H and O–H groups in total. The minimum absolute atomic E-state index is 0.0231. The molecule has 456 valence electrons. The summed E-state index contributed by atoms with van der Waals surface area (Å²) in [5.74, 6) is -5.34. The molecular weight excluding hydrogens is 1280 g/mol. The van der Waals surface area contributed by atoms with Crippen molar-refractivity contribution < 1.29 is 74.0 Å². The summed E-state index contributed by atoms with van der Waals surface area (Å²) >= 11 is 2.75. The molecule has 0 aliphatic heterocycles. The van der Waals surface area contributed by atoms with Gasteiger partial charge >= 0.3 is 19.3 Å². The first-order valence-electron chi connectivity index (χ1n) is 24.9. The molecule has 27 nitrogen and oxygen atoms in total. The standard InChI is InChI=1S/C46H42F7N17O10S6/c1-3-84(71,72)68(21-35-55-15-29(81-35)41-60-63-44(78-41)38(48)49)28-8-7-27(54-14-28)24-77-11-5-13-86(75,76)69(22-36-56-16-30(82-36)42-61-64-45(79-42)39(50)51)33-19-66(25(2)58-33)10-4-12-85(73,74)70(34-20-67-18-26(47)6-9-32(67)59-34)23-37-57-17-31(83-37)43-62-65-46(80-43)40(52)53/h6-9,14-20,38-40H,3-5,10-13,21-24H2,1-2H3. The Morgan fingerprint density at radius 2 is 1.08 bits per heavy atom. The lowest BCUT2D eigenvalue weighted by molar-refractivity contribution is 0.115. The van der Waals surface area contributed by atoms with E-state index in [0.717, 1.165) is 59.2 Å². The van der Waals surface area contributed by atoms with Gasteiger partial charge in [-0.3, -0.25) is 9.29 Å². The summed E-state index contributed by atoms with van der Waals surface area (Å²) in [4.78, 5) is 26.6. The number of hydrogen-bond acceptors (Lipinski definition) is 25. The number of ether oxygens (including phenoxy) is 1. The average Bonchev–Trinajstić information content (AvgIpc) is 3.41. The summed E-state index contributed by atoms with van der Waals surface area (Å²) < 4.78 is 204. The second-order valence-electron chi connectivity index (χ2n) is 18.0. The molecule has 0 spiro atoms. The molecule has 0 aliphatic rings. The van der Waals surface area contributed by atoms with Crippen molar-refractivity contribution in [3.05, 3.63) is 118 Å². The Morgan fingerprint density at radius 1 is 0.581 bits per heavy atom. The normalized spacial score (nSPS) is 12.5. The Bertz CT molecular complexity index is 4320. The summed E-state index contributed by atoms with van der Waals surface area (Å²) in [5.41, 5.74) is 0.742. The van der Waals surface area contributed by atoms with E-state index in [0.29, 0.717) is 5.69 Å². The second-order valence-corrected chi connectivity index (χ2v) is 27.5. The van der Waals surface area contributed by atoms with Crippen LogP contribution in [0.4, 0.5) is 48.1 Å². The van der Waals surface area contributed by atoms with Gasteiger partial charge in [-0.25, -0.2) is 63.2 Å². The van der Waals surface area contributed by atoms with Crippen LogP contribution in [0.15, 0.2) is 80.9 Å². The van der Waals surface area contributed by atoms with Gasteiger partial charge in [-0.2, -0.15) is 26.3 Å². The van der Waals surface area contributed by atoms with Crippen LogP contribution in [-0.4, -0.2) is 119 Å². The smallest absolute Gasteiger partial charge is 0.314 e. The Morgan fingerprint density at radius 3 is 1.56 bits per heavy atom. The van der Waals surface area contributed by atoms with E-state index in [1.807, 2.05) is 0 Å². The van der Waals surface area contributed by atoms with Gasteiger partial charge in [0, 0.05) is 25.5 Å². The van der Waals surface area contributed by atoms with Crippen molar-refractivity contribution >= 4 is 87.1 Å². The molecule has 10 heterocycles. The van der Waals surface area contributed by atoms with Crippen molar-refractivity contribution in [1.29, 1.82) is 0 Å². The van der Waals surface area contributed by atoms with Crippen LogP contribution in [0.3, 0.4) is 0 Å². The van der Waals surface area contributed by atoms with E-state index in [1.54, 1.807) is 6.92 Å². The lowest BCUT2D eigenvalue weighted by Gasteiger charge is -2.22. The lowest BCUT2D eigenvalue weighted by atomic mass is 10.3. The van der Waals surface area contributed by atoms with Crippen molar-refractivity contribution in [2.45, 2.75) is 78.8 Å². The van der Waals surface area contributed by atoms with Crippen molar-refractivity contribution in [2.75, 3.05) is 36.8 Å². The monoisotopic (exact) mass is 1320 g/mol. The molecule has 10 aromatic rings. The van der Waals surface area contributed by atoms with Gasteiger partial charge in [0.25, 0.3) is 35.3 Å². The molecule has 0 aromatic carbocycles. The quantitative estimate of drug-likeness (QED) is 0.0313. The Hall–Kier alpha value is -7.92. The maximum atomic E-state index is 14.4. The SMILES string of the molecule is CCS(=O)(=O)N(Cc1ncc(-c2nnc(C(F)F)o2)s1)c1ccc(COCCCS(=O)(=O)N(Cc2ncc(-c3nnc(C(F)F)o3)s2)c2cn(CCCS(=O)(=O)N(Cc3ncc(-c4nnc(C(F)F)o4)s3)c3cn4cc(F)ccc4n3)c(C)n2)nc1. The molecule has 10 rings (SSSR count). The number of alkyl halides is 6. The summed E-state index contributed by atoms with van der Waals surface area (Å²) in [7, 11) is -12.6. The minimum atomic E-state index is -4.33. The predicted molar refractivity (Wildman–Crippen MR) is 292 cm³/mol. The van der Waals surface area contributed by atoms with Crippen LogP contribution in [0.2, 0.25) is 0 Å². The average molecular weight is 1320 g/mol. The molecular formula is C46H42F7N17O10S6. The highest BCUT2D eigenvalue weighted by Crippen LogP contribution is 2.34. The van der Waals surface area contributed by atoms with Gasteiger partial charge in [0.2, 0.25) is 30.1 Å². The van der Waals surface area contributed by atoms with Crippen molar-refractivity contribution in [3.63, 3.8) is 0 Å². The van der Waals surface area contributed by atoms with Crippen molar-refractivity contribution in [3.8, 4) is 32.3 Å². The molecule has 0 radical (unpaired) electrons. The number of thiazole rings is 3. The zero-order chi connectivity index (χ0) is 61.1. The summed E-state index contributed by atoms with van der Waals surface area (Å²) in [6.07, 6.45) is -0.318. The number of aromatic nitrogens is 14. The van der Waals surface area contributed by atoms with Crippen LogP contribution in [0.25, 0.3) is 38.0 Å². The van der Waals surface area contributed by atoms with E-state index in [2.05, 4.69) is 60.5 Å². The molecule has 0 saturated carbocycles. The Balaban J connectivity index is 0.813. The van der Waals surface area contributed by atoms with Gasteiger partial charge in [0.1, 0.15) is 46.9 Å². The number of imidazole rings is 2. The van der Waals surface area contributed by atoms with E-state index in [9.17, 15) is 56.0 Å². The molecule has 0 aliphatic carbocycles. The largest absolute Gasteiger partial charge is 0.414 e. The van der Waals surface area contributed by atoms with Crippen LogP contribution in [0.1, 0.15) is 83.3 Å². The van der Waals surface area contributed by atoms with Gasteiger partial charge in [-0.15, -0.1) is 64.6 Å². The number of fused-ring (bicyclic) bond motifs is 1. The zero-order valence-corrected chi connectivity index (χ0v) is 49.0. The molecule has 40 heteroatoms. The highest BCUT2D eigenvalue weighted by atomic mass is 32.2.